The Morgan fingerprint density at radius 3 is 2.81 bits per heavy atom. The molecule has 3 aromatic rings. The van der Waals surface area contributed by atoms with Gasteiger partial charge in [-0.25, -0.2) is 4.98 Å². The van der Waals surface area contributed by atoms with Crippen LogP contribution in [0.15, 0.2) is 30.3 Å². The van der Waals surface area contributed by atoms with Crippen LogP contribution in [0.5, 0.6) is 0 Å². The Bertz CT molecular complexity index is 621. The zero-order valence-corrected chi connectivity index (χ0v) is 10.2. The lowest BCUT2D eigenvalue weighted by molar-refractivity contribution is 1.34. The van der Waals surface area contributed by atoms with Gasteiger partial charge < -0.3 is 4.98 Å². The number of imidazole rings is 1. The van der Waals surface area contributed by atoms with E-state index < -0.39 is 0 Å². The Kier molecular flexibility index (Phi) is 2.23. The molecule has 0 atom stereocenters. The normalized spacial score (nSPS) is 11.1. The maximum Gasteiger partial charge on any atom is 0.148 e. The van der Waals surface area contributed by atoms with Gasteiger partial charge in [-0.15, -0.1) is 11.3 Å². The number of nitrogens with zero attached hydrogens (tertiary/aromatic N) is 1. The van der Waals surface area contributed by atoms with Crippen LogP contribution in [0.3, 0.4) is 0 Å². The van der Waals surface area contributed by atoms with Crippen LogP contribution in [0, 0.1) is 6.92 Å². The number of aromatic nitrogens is 2. The molecule has 1 aromatic carbocycles. The predicted molar refractivity (Wildman–Crippen MR) is 69.2 cm³/mol. The third-order valence-corrected chi connectivity index (χ3v) is 3.87. The summed E-state index contributed by atoms with van der Waals surface area (Å²) >= 11 is 7.55. The van der Waals surface area contributed by atoms with Gasteiger partial charge in [-0.3, -0.25) is 0 Å². The van der Waals surface area contributed by atoms with Gasteiger partial charge in [0.25, 0.3) is 0 Å². The van der Waals surface area contributed by atoms with E-state index in [0.29, 0.717) is 0 Å². The van der Waals surface area contributed by atoms with Crippen LogP contribution in [-0.4, -0.2) is 9.97 Å². The smallest absolute Gasteiger partial charge is 0.148 e. The second kappa shape index (κ2) is 3.61. The van der Waals surface area contributed by atoms with Crippen molar-refractivity contribution in [2.45, 2.75) is 6.92 Å². The zero-order chi connectivity index (χ0) is 11.1. The fraction of sp³-hybridized carbons (Fsp3) is 0.0833. The van der Waals surface area contributed by atoms with E-state index in [9.17, 15) is 0 Å². The fourth-order valence-electron chi connectivity index (χ4n) is 1.74. The Hall–Kier alpha value is -1.32. The average molecular weight is 249 g/mol. The molecular formula is C12H9ClN2S. The zero-order valence-electron chi connectivity index (χ0n) is 8.62. The molecular weight excluding hydrogens is 240 g/mol. The summed E-state index contributed by atoms with van der Waals surface area (Å²) in [6, 6.07) is 9.98. The molecule has 0 spiro atoms. The first kappa shape index (κ1) is 9.87. The molecule has 0 aliphatic carbocycles. The molecule has 0 bridgehead atoms. The highest BCUT2D eigenvalue weighted by molar-refractivity contribution is 7.19. The van der Waals surface area contributed by atoms with Gasteiger partial charge in [0.05, 0.1) is 20.2 Å². The van der Waals surface area contributed by atoms with Gasteiger partial charge in [-0.2, -0.15) is 0 Å². The summed E-state index contributed by atoms with van der Waals surface area (Å²) in [6.07, 6.45) is 0. The van der Waals surface area contributed by atoms with Crippen molar-refractivity contribution in [2.75, 3.05) is 0 Å². The molecule has 0 aliphatic rings. The molecule has 2 nitrogen and oxygen atoms in total. The Morgan fingerprint density at radius 1 is 1.31 bits per heavy atom. The standard InChI is InChI=1S/C12H9ClN2S/c1-7-6-10(13)16-11(7)12-14-8-4-2-3-5-9(8)15-12/h2-6H,1H3,(H,14,15). The third kappa shape index (κ3) is 1.52. The Balaban J connectivity index is 2.22. The van der Waals surface area contributed by atoms with Gasteiger partial charge in [0.2, 0.25) is 0 Å². The summed E-state index contributed by atoms with van der Waals surface area (Å²) in [7, 11) is 0. The van der Waals surface area contributed by atoms with E-state index in [-0.39, 0.29) is 0 Å². The lowest BCUT2D eigenvalue weighted by Gasteiger charge is -1.91. The first-order valence-electron chi connectivity index (χ1n) is 4.95. The van der Waals surface area contributed by atoms with E-state index in [1.165, 1.54) is 0 Å². The van der Waals surface area contributed by atoms with Crippen LogP contribution >= 0.6 is 22.9 Å². The monoisotopic (exact) mass is 248 g/mol. The van der Waals surface area contributed by atoms with Crippen LogP contribution in [0.1, 0.15) is 5.56 Å². The molecule has 0 saturated carbocycles. The predicted octanol–water partition coefficient (Wildman–Crippen LogP) is 4.25. The highest BCUT2D eigenvalue weighted by Crippen LogP contribution is 2.34. The van der Waals surface area contributed by atoms with Crippen LogP contribution < -0.4 is 0 Å². The molecule has 2 heterocycles. The van der Waals surface area contributed by atoms with Crippen molar-refractivity contribution in [3.63, 3.8) is 0 Å². The largest absolute Gasteiger partial charge is 0.337 e. The van der Waals surface area contributed by atoms with Crippen molar-refractivity contribution >= 4 is 34.0 Å². The van der Waals surface area contributed by atoms with Crippen molar-refractivity contribution in [1.82, 2.24) is 9.97 Å². The van der Waals surface area contributed by atoms with E-state index in [1.54, 1.807) is 11.3 Å². The topological polar surface area (TPSA) is 28.7 Å². The number of halogens is 1. The summed E-state index contributed by atoms with van der Waals surface area (Å²) in [6.45, 7) is 2.05. The number of hydrogen-bond acceptors (Lipinski definition) is 2. The number of aromatic amines is 1. The summed E-state index contributed by atoms with van der Waals surface area (Å²) in [4.78, 5) is 8.97. The van der Waals surface area contributed by atoms with Crippen molar-refractivity contribution in [3.8, 4) is 10.7 Å². The number of aryl methyl sites for hydroxylation is 1. The van der Waals surface area contributed by atoms with Gasteiger partial charge in [-0.05, 0) is 30.7 Å². The first-order valence-corrected chi connectivity index (χ1v) is 6.14. The van der Waals surface area contributed by atoms with Gasteiger partial charge in [0, 0.05) is 0 Å². The lowest BCUT2D eigenvalue weighted by Crippen LogP contribution is -1.77. The van der Waals surface area contributed by atoms with Gasteiger partial charge in [-0.1, -0.05) is 23.7 Å². The van der Waals surface area contributed by atoms with E-state index in [4.69, 9.17) is 11.6 Å². The number of thiophene rings is 1. The second-order valence-electron chi connectivity index (χ2n) is 3.67. The average Bonchev–Trinajstić information content (AvgIpc) is 2.81. The lowest BCUT2D eigenvalue weighted by atomic mass is 10.3. The van der Waals surface area contributed by atoms with Crippen molar-refractivity contribution < 1.29 is 0 Å². The van der Waals surface area contributed by atoms with Crippen molar-refractivity contribution in [3.05, 3.63) is 40.2 Å². The minimum Gasteiger partial charge on any atom is -0.337 e. The molecule has 3 rings (SSSR count). The van der Waals surface area contributed by atoms with Crippen molar-refractivity contribution in [2.24, 2.45) is 0 Å². The number of fused-ring (bicyclic) bond motifs is 1. The molecule has 80 valence electrons. The summed E-state index contributed by atoms with van der Waals surface area (Å²) < 4.78 is 0.799. The Morgan fingerprint density at radius 2 is 2.12 bits per heavy atom. The maximum absolute atomic E-state index is 5.99. The molecule has 2 aromatic heterocycles. The maximum atomic E-state index is 5.99. The van der Waals surface area contributed by atoms with E-state index in [0.717, 1.165) is 31.6 Å². The minimum absolute atomic E-state index is 0.799. The molecule has 16 heavy (non-hydrogen) atoms. The highest BCUT2D eigenvalue weighted by Gasteiger charge is 2.10. The molecule has 4 heteroatoms. The van der Waals surface area contributed by atoms with Gasteiger partial charge in [0.15, 0.2) is 0 Å². The third-order valence-electron chi connectivity index (χ3n) is 2.49. The highest BCUT2D eigenvalue weighted by atomic mass is 35.5. The molecule has 0 saturated heterocycles. The number of rotatable bonds is 1. The molecule has 1 N–H and O–H groups in total. The van der Waals surface area contributed by atoms with Gasteiger partial charge >= 0.3 is 0 Å². The molecule has 0 radical (unpaired) electrons. The minimum atomic E-state index is 0.799. The summed E-state index contributed by atoms with van der Waals surface area (Å²) in [5.74, 6) is 0.899. The number of H-pyrrole nitrogens is 1. The van der Waals surface area contributed by atoms with E-state index in [1.807, 2.05) is 37.3 Å². The number of nitrogens with one attached hydrogen (secondary N) is 1. The van der Waals surface area contributed by atoms with Crippen LogP contribution in [0.25, 0.3) is 21.7 Å². The number of hydrogen-bond donors (Lipinski definition) is 1. The van der Waals surface area contributed by atoms with Crippen molar-refractivity contribution in [1.29, 1.82) is 0 Å². The fourth-order valence-corrected chi connectivity index (χ4v) is 2.98. The molecule has 0 aliphatic heterocycles. The van der Waals surface area contributed by atoms with Gasteiger partial charge in [0.1, 0.15) is 5.82 Å². The molecule has 0 unspecified atom stereocenters. The SMILES string of the molecule is Cc1cc(Cl)sc1-c1nc2ccccc2[nH]1. The molecule has 0 fully saturated rings. The summed E-state index contributed by atoms with van der Waals surface area (Å²) in [5, 5.41) is 0. The van der Waals surface area contributed by atoms with E-state index in [2.05, 4.69) is 9.97 Å². The van der Waals surface area contributed by atoms with Crippen LogP contribution in [0.4, 0.5) is 0 Å². The van der Waals surface area contributed by atoms with E-state index >= 15 is 0 Å². The van der Waals surface area contributed by atoms with Crippen LogP contribution in [0.2, 0.25) is 4.34 Å². The first-order chi connectivity index (χ1) is 7.74. The second-order valence-corrected chi connectivity index (χ2v) is 5.35. The quantitative estimate of drug-likeness (QED) is 0.685. The molecule has 0 amide bonds. The number of para-hydroxylation sites is 2. The van der Waals surface area contributed by atoms with Crippen LogP contribution in [-0.2, 0) is 0 Å². The number of benzene rings is 1. The Labute approximate surface area is 102 Å². The summed E-state index contributed by atoms with van der Waals surface area (Å²) in [5.41, 5.74) is 3.21.